The minimum absolute atomic E-state index is 0.881. The van der Waals surface area contributed by atoms with Crippen LogP contribution in [0.15, 0.2) is 24.3 Å². The molecule has 0 bridgehead atoms. The Morgan fingerprint density at radius 2 is 1.46 bits per heavy atom. The van der Waals surface area contributed by atoms with Crippen molar-refractivity contribution in [3.8, 4) is 0 Å². The number of nitrogens with one attached hydrogen (secondary N) is 4. The standard InChI is InChI=1S/C20H37N5S/c26-16-13-24-17-19-3-5-20(6-4-19)18-25-14-2-9-22-11-10-21-7-1-8-23-12-15-25/h3-6,21-24,26H,1-2,7-18H2. The van der Waals surface area contributed by atoms with Gasteiger partial charge in [-0.25, -0.2) is 0 Å². The van der Waals surface area contributed by atoms with E-state index in [4.69, 9.17) is 0 Å². The van der Waals surface area contributed by atoms with Crippen molar-refractivity contribution in [2.24, 2.45) is 0 Å². The molecule has 0 atom stereocenters. The monoisotopic (exact) mass is 379 g/mol. The molecule has 148 valence electrons. The topological polar surface area (TPSA) is 51.4 Å². The molecular formula is C20H37N5S. The molecule has 1 saturated heterocycles. The highest BCUT2D eigenvalue weighted by Crippen LogP contribution is 2.08. The van der Waals surface area contributed by atoms with Crippen LogP contribution in [0.3, 0.4) is 0 Å². The molecule has 1 aromatic rings. The zero-order valence-electron chi connectivity index (χ0n) is 16.1. The molecule has 5 nitrogen and oxygen atoms in total. The predicted octanol–water partition coefficient (Wildman–Crippen LogP) is 1.07. The number of hydrogen-bond acceptors (Lipinski definition) is 6. The minimum Gasteiger partial charge on any atom is -0.315 e. The molecular weight excluding hydrogens is 342 g/mol. The maximum Gasteiger partial charge on any atom is 0.0234 e. The number of thiol groups is 1. The fourth-order valence-corrected chi connectivity index (χ4v) is 3.32. The van der Waals surface area contributed by atoms with Crippen molar-refractivity contribution in [1.82, 2.24) is 26.2 Å². The van der Waals surface area contributed by atoms with Gasteiger partial charge in [0.15, 0.2) is 0 Å². The van der Waals surface area contributed by atoms with Crippen LogP contribution in [0.1, 0.15) is 24.0 Å². The molecule has 0 radical (unpaired) electrons. The SMILES string of the molecule is SCCNCc1ccc(CN2CCCNCCNCCCNCC2)cc1. The summed E-state index contributed by atoms with van der Waals surface area (Å²) in [6.45, 7) is 11.7. The van der Waals surface area contributed by atoms with Crippen LogP contribution in [-0.2, 0) is 13.1 Å². The van der Waals surface area contributed by atoms with E-state index < -0.39 is 0 Å². The van der Waals surface area contributed by atoms with Crippen molar-refractivity contribution in [2.45, 2.75) is 25.9 Å². The molecule has 1 heterocycles. The highest BCUT2D eigenvalue weighted by Gasteiger charge is 2.06. The van der Waals surface area contributed by atoms with E-state index in [1.807, 2.05) is 0 Å². The molecule has 2 rings (SSSR count). The Bertz CT molecular complexity index is 440. The lowest BCUT2D eigenvalue weighted by molar-refractivity contribution is 0.260. The number of rotatable bonds is 6. The van der Waals surface area contributed by atoms with Crippen LogP contribution < -0.4 is 21.3 Å². The van der Waals surface area contributed by atoms with Crippen molar-refractivity contribution in [2.75, 3.05) is 64.7 Å². The van der Waals surface area contributed by atoms with E-state index in [2.05, 4.69) is 63.1 Å². The molecule has 0 aromatic heterocycles. The van der Waals surface area contributed by atoms with Crippen molar-refractivity contribution < 1.29 is 0 Å². The highest BCUT2D eigenvalue weighted by atomic mass is 32.1. The van der Waals surface area contributed by atoms with Gasteiger partial charge in [-0.05, 0) is 50.1 Å². The van der Waals surface area contributed by atoms with Gasteiger partial charge in [0.25, 0.3) is 0 Å². The Morgan fingerprint density at radius 1 is 0.808 bits per heavy atom. The zero-order chi connectivity index (χ0) is 18.3. The first-order valence-corrected chi connectivity index (χ1v) is 10.8. The first kappa shape index (κ1) is 21.7. The molecule has 0 saturated carbocycles. The Kier molecular flexibility index (Phi) is 12.0. The second-order valence-corrected chi connectivity index (χ2v) is 7.40. The normalized spacial score (nSPS) is 19.1. The largest absolute Gasteiger partial charge is 0.315 e. The Morgan fingerprint density at radius 3 is 2.19 bits per heavy atom. The van der Waals surface area contributed by atoms with Gasteiger partial charge in [0.05, 0.1) is 0 Å². The van der Waals surface area contributed by atoms with E-state index >= 15 is 0 Å². The third-order valence-electron chi connectivity index (χ3n) is 4.67. The second-order valence-electron chi connectivity index (χ2n) is 6.95. The highest BCUT2D eigenvalue weighted by molar-refractivity contribution is 7.80. The van der Waals surface area contributed by atoms with E-state index in [9.17, 15) is 0 Å². The number of nitrogens with zero attached hydrogens (tertiary/aromatic N) is 1. The summed E-state index contributed by atoms with van der Waals surface area (Å²) in [5.41, 5.74) is 2.75. The third-order valence-corrected chi connectivity index (χ3v) is 4.89. The zero-order valence-corrected chi connectivity index (χ0v) is 17.0. The maximum absolute atomic E-state index is 4.23. The molecule has 0 amide bonds. The molecule has 0 spiro atoms. The Labute approximate surface area is 165 Å². The van der Waals surface area contributed by atoms with Crippen molar-refractivity contribution in [3.05, 3.63) is 35.4 Å². The lowest BCUT2D eigenvalue weighted by Crippen LogP contribution is -2.36. The first-order valence-electron chi connectivity index (χ1n) is 10.1. The average molecular weight is 380 g/mol. The predicted molar refractivity (Wildman–Crippen MR) is 115 cm³/mol. The Hall–Kier alpha value is -0.630. The summed E-state index contributed by atoms with van der Waals surface area (Å²) in [7, 11) is 0. The fraction of sp³-hybridized carbons (Fsp3) is 0.700. The van der Waals surface area contributed by atoms with E-state index in [0.717, 1.165) is 77.7 Å². The van der Waals surface area contributed by atoms with Crippen molar-refractivity contribution in [1.29, 1.82) is 0 Å². The van der Waals surface area contributed by atoms with Crippen LogP contribution in [0.5, 0.6) is 0 Å². The van der Waals surface area contributed by atoms with Crippen LogP contribution in [0, 0.1) is 0 Å². The van der Waals surface area contributed by atoms with E-state index in [1.165, 1.54) is 24.0 Å². The van der Waals surface area contributed by atoms with Crippen LogP contribution in [0.2, 0.25) is 0 Å². The number of hydrogen-bond donors (Lipinski definition) is 5. The summed E-state index contributed by atoms with van der Waals surface area (Å²) in [4.78, 5) is 2.58. The summed E-state index contributed by atoms with van der Waals surface area (Å²) < 4.78 is 0. The Balaban J connectivity index is 1.78. The molecule has 1 fully saturated rings. The van der Waals surface area contributed by atoms with E-state index in [1.54, 1.807) is 0 Å². The van der Waals surface area contributed by atoms with Gasteiger partial charge in [0.2, 0.25) is 0 Å². The lowest BCUT2D eigenvalue weighted by Gasteiger charge is -2.23. The summed E-state index contributed by atoms with van der Waals surface area (Å²) in [6, 6.07) is 9.05. The van der Waals surface area contributed by atoms with Crippen LogP contribution in [0.4, 0.5) is 0 Å². The molecule has 26 heavy (non-hydrogen) atoms. The third kappa shape index (κ3) is 9.90. The molecule has 1 aliphatic heterocycles. The average Bonchev–Trinajstić information content (AvgIpc) is 2.66. The number of benzene rings is 1. The molecule has 0 unspecified atom stereocenters. The van der Waals surface area contributed by atoms with Gasteiger partial charge in [-0.15, -0.1) is 0 Å². The van der Waals surface area contributed by atoms with Gasteiger partial charge in [-0.2, -0.15) is 12.6 Å². The van der Waals surface area contributed by atoms with Crippen LogP contribution in [-0.4, -0.2) is 69.6 Å². The van der Waals surface area contributed by atoms with Gasteiger partial charge in [-0.1, -0.05) is 24.3 Å². The summed E-state index contributed by atoms with van der Waals surface area (Å²) in [5, 5.41) is 14.0. The first-order chi connectivity index (χ1) is 12.9. The fourth-order valence-electron chi connectivity index (χ4n) is 3.16. The molecule has 4 N–H and O–H groups in total. The van der Waals surface area contributed by atoms with E-state index in [-0.39, 0.29) is 0 Å². The van der Waals surface area contributed by atoms with Gasteiger partial charge in [0, 0.05) is 51.6 Å². The second kappa shape index (κ2) is 14.4. The van der Waals surface area contributed by atoms with Gasteiger partial charge in [-0.3, -0.25) is 4.90 Å². The summed E-state index contributed by atoms with van der Waals surface area (Å²) >= 11 is 4.23. The van der Waals surface area contributed by atoms with Gasteiger partial charge < -0.3 is 21.3 Å². The summed E-state index contributed by atoms with van der Waals surface area (Å²) in [6.07, 6.45) is 2.40. The molecule has 0 aliphatic carbocycles. The van der Waals surface area contributed by atoms with Crippen molar-refractivity contribution >= 4 is 12.6 Å². The minimum atomic E-state index is 0.881. The summed E-state index contributed by atoms with van der Waals surface area (Å²) in [5.74, 6) is 0.881. The van der Waals surface area contributed by atoms with Crippen LogP contribution in [0.25, 0.3) is 0 Å². The smallest absolute Gasteiger partial charge is 0.0234 e. The van der Waals surface area contributed by atoms with Crippen molar-refractivity contribution in [3.63, 3.8) is 0 Å². The van der Waals surface area contributed by atoms with E-state index in [0.29, 0.717) is 0 Å². The van der Waals surface area contributed by atoms with Gasteiger partial charge >= 0.3 is 0 Å². The van der Waals surface area contributed by atoms with Crippen LogP contribution >= 0.6 is 12.6 Å². The maximum atomic E-state index is 4.23. The molecule has 1 aromatic carbocycles. The van der Waals surface area contributed by atoms with Gasteiger partial charge in [0.1, 0.15) is 0 Å². The molecule has 1 aliphatic rings. The quantitative estimate of drug-likeness (QED) is 0.378. The lowest BCUT2D eigenvalue weighted by atomic mass is 10.1. The molecule has 6 heteroatoms.